The minimum atomic E-state index is 0. The van der Waals surface area contributed by atoms with Gasteiger partial charge in [-0.05, 0) is 0 Å². The van der Waals surface area contributed by atoms with E-state index in [4.69, 9.17) is 0 Å². The summed E-state index contributed by atoms with van der Waals surface area (Å²) >= 11 is 0. The van der Waals surface area contributed by atoms with Gasteiger partial charge in [0.2, 0.25) is 0 Å². The molecule has 0 amide bonds. The van der Waals surface area contributed by atoms with Gasteiger partial charge in [0.05, 0.1) is 0 Å². The molecule has 0 spiro atoms. The van der Waals surface area contributed by atoms with E-state index in [2.05, 4.69) is 0 Å². The van der Waals surface area contributed by atoms with Gasteiger partial charge in [-0.2, -0.15) is 27.0 Å². The Bertz CT molecular complexity index is 73.1. The van der Waals surface area contributed by atoms with Crippen LogP contribution in [-0.4, -0.2) is 0 Å². The van der Waals surface area contributed by atoms with E-state index >= 15 is 0 Å². The van der Waals surface area contributed by atoms with Crippen LogP contribution < -0.4 is 0 Å². The van der Waals surface area contributed by atoms with Crippen LogP contribution in [-0.2, 0) is 0 Å². The molecule has 112 valence electrons. The van der Waals surface area contributed by atoms with Crippen LogP contribution in [0.5, 0.6) is 0 Å². The predicted octanol–water partition coefficient (Wildman–Crippen LogP) is 6.47. The molecule has 0 unspecified atom stereocenters. The molecule has 0 aromatic carbocycles. The van der Waals surface area contributed by atoms with Crippen LogP contribution in [0.3, 0.4) is 0 Å². The van der Waals surface area contributed by atoms with E-state index in [-0.39, 0.29) is 27.0 Å². The first-order valence-electron chi connectivity index (χ1n) is 8.00. The Morgan fingerprint density at radius 1 is 0.167 bits per heavy atom. The molecule has 0 aromatic rings. The van der Waals surface area contributed by atoms with Crippen LogP contribution in [0.2, 0.25) is 0 Å². The van der Waals surface area contributed by atoms with E-state index in [1.807, 2.05) is 0 Å². The lowest BCUT2D eigenvalue weighted by atomic mass is 10.0. The molecule has 0 aromatic heterocycles. The molecule has 4 rings (SSSR count). The zero-order valence-electron chi connectivity index (χ0n) is 12.3. The van der Waals surface area contributed by atoms with Gasteiger partial charge in [0.15, 0.2) is 0 Å². The highest BCUT2D eigenvalue weighted by atomic mass is 32.1. The first kappa shape index (κ1) is 21.0. The van der Waals surface area contributed by atoms with Crippen LogP contribution in [0.4, 0.5) is 0 Å². The molecule has 0 saturated heterocycles. The molecule has 0 N–H and O–H groups in total. The van der Waals surface area contributed by atoms with Crippen molar-refractivity contribution in [1.29, 1.82) is 0 Å². The fourth-order valence-electron chi connectivity index (χ4n) is 1.000. The maximum atomic E-state index is 1.50. The van der Waals surface area contributed by atoms with Crippen molar-refractivity contribution >= 4 is 27.0 Å². The smallest absolute Gasteiger partial charge is 0.0533 e. The first-order valence-corrected chi connectivity index (χ1v) is 8.00. The predicted molar refractivity (Wildman–Crippen MR) is 94.6 cm³/mol. The lowest BCUT2D eigenvalue weighted by Crippen LogP contribution is -1.85. The fraction of sp³-hybridized carbons (Fsp3) is 1.00. The Balaban J connectivity index is 0. The van der Waals surface area contributed by atoms with Crippen LogP contribution in [0, 0.1) is 0 Å². The van der Waals surface area contributed by atoms with Crippen molar-refractivity contribution in [1.82, 2.24) is 0 Å². The number of hydrogen-bond donors (Lipinski definition) is 0. The second-order valence-corrected chi connectivity index (χ2v) is 5.66. The average Bonchev–Trinajstić information content (AvgIpc) is 1.62. The van der Waals surface area contributed by atoms with E-state index < -0.39 is 0 Å². The van der Waals surface area contributed by atoms with Crippen molar-refractivity contribution in [3.63, 3.8) is 0 Å². The van der Waals surface area contributed by atoms with Crippen LogP contribution >= 0.6 is 27.0 Å². The molecule has 0 bridgehead atoms. The third-order valence-electron chi connectivity index (χ3n) is 4.00. The zero-order valence-corrected chi connectivity index (χ0v) is 14.3. The number of rotatable bonds is 0. The first-order chi connectivity index (χ1) is 8.00. The Hall–Kier alpha value is 0.700. The van der Waals surface area contributed by atoms with Gasteiger partial charge in [-0.1, -0.05) is 103 Å². The van der Waals surface area contributed by atoms with Gasteiger partial charge in [0.25, 0.3) is 0 Å². The minimum Gasteiger partial charge on any atom is -0.197 e. The van der Waals surface area contributed by atoms with Crippen molar-refractivity contribution in [2.75, 3.05) is 0 Å². The minimum absolute atomic E-state index is 0. The van der Waals surface area contributed by atoms with Gasteiger partial charge < -0.3 is 0 Å². The summed E-state index contributed by atoms with van der Waals surface area (Å²) in [5.74, 6) is 0. The third-order valence-corrected chi connectivity index (χ3v) is 4.00. The molecule has 18 heavy (non-hydrogen) atoms. The van der Waals surface area contributed by atoms with E-state index in [0.29, 0.717) is 0 Å². The van der Waals surface area contributed by atoms with Gasteiger partial charge in [-0.25, -0.2) is 0 Å². The lowest BCUT2D eigenvalue weighted by Gasteiger charge is -2.05. The second-order valence-electron chi connectivity index (χ2n) is 5.66. The highest BCUT2D eigenvalue weighted by molar-refractivity contribution is 7.59. The molecule has 0 heterocycles. The SMILES string of the molecule is C1CCC1.C1CCC1.C1CCC1.C1CCC1.S.S. The van der Waals surface area contributed by atoms with Gasteiger partial charge in [0.1, 0.15) is 0 Å². The Morgan fingerprint density at radius 3 is 0.222 bits per heavy atom. The maximum Gasteiger partial charge on any atom is -0.0533 e. The third kappa shape index (κ3) is 14.8. The summed E-state index contributed by atoms with van der Waals surface area (Å²) in [6.45, 7) is 0. The van der Waals surface area contributed by atoms with Crippen LogP contribution in [0.15, 0.2) is 0 Å². The van der Waals surface area contributed by atoms with Crippen molar-refractivity contribution in [3.05, 3.63) is 0 Å². The second kappa shape index (κ2) is 17.7. The van der Waals surface area contributed by atoms with Gasteiger partial charge in [-0.3, -0.25) is 0 Å². The molecular weight excluding hydrogens is 256 g/mol. The van der Waals surface area contributed by atoms with Crippen molar-refractivity contribution in [2.45, 2.75) is 103 Å². The van der Waals surface area contributed by atoms with Crippen molar-refractivity contribution in [3.8, 4) is 0 Å². The Kier molecular flexibility index (Phi) is 20.7. The van der Waals surface area contributed by atoms with Crippen LogP contribution in [0.25, 0.3) is 0 Å². The summed E-state index contributed by atoms with van der Waals surface area (Å²) in [6.07, 6.45) is 24.0. The summed E-state index contributed by atoms with van der Waals surface area (Å²) in [7, 11) is 0. The topological polar surface area (TPSA) is 0 Å². The number of hydrogen-bond acceptors (Lipinski definition) is 0. The summed E-state index contributed by atoms with van der Waals surface area (Å²) in [4.78, 5) is 0. The molecular formula is C16H36S2. The van der Waals surface area contributed by atoms with E-state index in [0.717, 1.165) is 0 Å². The molecule has 4 aliphatic carbocycles. The summed E-state index contributed by atoms with van der Waals surface area (Å²) < 4.78 is 0. The highest BCUT2D eigenvalue weighted by Crippen LogP contribution is 2.16. The maximum absolute atomic E-state index is 1.50. The molecule has 4 aliphatic rings. The van der Waals surface area contributed by atoms with Crippen LogP contribution in [0.1, 0.15) is 103 Å². The quantitative estimate of drug-likeness (QED) is 0.480. The standard InChI is InChI=1S/4C4H8.2H2S/c4*1-2-4-3-1;;/h4*1-4H2;2*1H2. The highest BCUT2D eigenvalue weighted by Gasteiger charge is 1.96. The normalized spacial score (nSPS) is 21.3. The summed E-state index contributed by atoms with van der Waals surface area (Å²) in [6, 6.07) is 0. The van der Waals surface area contributed by atoms with Crippen molar-refractivity contribution < 1.29 is 0 Å². The molecule has 4 fully saturated rings. The zero-order chi connectivity index (χ0) is 11.3. The Labute approximate surface area is 130 Å². The fourth-order valence-corrected chi connectivity index (χ4v) is 1.000. The van der Waals surface area contributed by atoms with Gasteiger partial charge in [0, 0.05) is 0 Å². The van der Waals surface area contributed by atoms with Gasteiger partial charge in [-0.15, -0.1) is 0 Å². The lowest BCUT2D eigenvalue weighted by molar-refractivity contribution is 0.504. The summed E-state index contributed by atoms with van der Waals surface area (Å²) in [5.41, 5.74) is 0. The summed E-state index contributed by atoms with van der Waals surface area (Å²) in [5, 5.41) is 0. The largest absolute Gasteiger partial charge is 0.197 e. The van der Waals surface area contributed by atoms with E-state index in [1.54, 1.807) is 0 Å². The molecule has 0 aliphatic heterocycles. The van der Waals surface area contributed by atoms with Gasteiger partial charge >= 0.3 is 0 Å². The monoisotopic (exact) mass is 292 g/mol. The Morgan fingerprint density at radius 2 is 0.222 bits per heavy atom. The molecule has 0 atom stereocenters. The van der Waals surface area contributed by atoms with E-state index in [1.165, 1.54) is 103 Å². The molecule has 4 saturated carbocycles. The molecule has 2 heteroatoms. The van der Waals surface area contributed by atoms with Crippen molar-refractivity contribution in [2.24, 2.45) is 0 Å². The molecule has 0 radical (unpaired) electrons. The average molecular weight is 293 g/mol. The molecule has 0 nitrogen and oxygen atoms in total. The van der Waals surface area contributed by atoms with E-state index in [9.17, 15) is 0 Å².